The summed E-state index contributed by atoms with van der Waals surface area (Å²) in [6.45, 7) is 0.633. The molecule has 22 heavy (non-hydrogen) atoms. The number of hydrogen-bond acceptors (Lipinski definition) is 2. The molecule has 0 spiro atoms. The normalized spacial score (nSPS) is 13.9. The molecule has 0 aromatic heterocycles. The zero-order valence-corrected chi connectivity index (χ0v) is 12.0. The van der Waals surface area contributed by atoms with Crippen molar-refractivity contribution in [1.82, 2.24) is 0 Å². The van der Waals surface area contributed by atoms with Crippen molar-refractivity contribution in [3.63, 3.8) is 0 Å². The van der Waals surface area contributed by atoms with Crippen molar-refractivity contribution in [1.29, 1.82) is 0 Å². The van der Waals surface area contributed by atoms with Crippen LogP contribution in [0.5, 0.6) is 5.75 Å². The largest absolute Gasteiger partial charge is 0.573 e. The highest BCUT2D eigenvalue weighted by molar-refractivity contribution is 6.30. The lowest BCUT2D eigenvalue weighted by Gasteiger charge is -2.28. The van der Waals surface area contributed by atoms with Crippen LogP contribution in [0.4, 0.5) is 24.5 Å². The summed E-state index contributed by atoms with van der Waals surface area (Å²) in [5.74, 6) is -0.236. The molecule has 1 aliphatic rings. The van der Waals surface area contributed by atoms with Gasteiger partial charge in [-0.1, -0.05) is 23.8 Å². The summed E-state index contributed by atoms with van der Waals surface area (Å²) in [6, 6.07) is 11.3. The van der Waals surface area contributed by atoms with Crippen molar-refractivity contribution in [3.8, 4) is 5.75 Å². The highest BCUT2D eigenvalue weighted by atomic mass is 35.5. The number of halogens is 4. The quantitative estimate of drug-likeness (QED) is 0.732. The Labute approximate surface area is 130 Å². The summed E-state index contributed by atoms with van der Waals surface area (Å²) in [4.78, 5) is 1.99. The fraction of sp³-hybridized carbons (Fsp3) is 0.125. The Balaban J connectivity index is 1.88. The number of benzene rings is 2. The summed E-state index contributed by atoms with van der Waals surface area (Å²) in [7, 11) is 0. The Morgan fingerprint density at radius 2 is 1.77 bits per heavy atom. The van der Waals surface area contributed by atoms with Crippen molar-refractivity contribution in [2.24, 2.45) is 0 Å². The van der Waals surface area contributed by atoms with Crippen LogP contribution in [0, 0.1) is 0 Å². The third-order valence-corrected chi connectivity index (χ3v) is 3.48. The molecule has 3 rings (SSSR count). The minimum absolute atomic E-state index is 0.236. The first-order valence-electron chi connectivity index (χ1n) is 6.52. The fourth-order valence-corrected chi connectivity index (χ4v) is 2.54. The molecule has 0 fully saturated rings. The number of ether oxygens (including phenoxy) is 1. The maximum atomic E-state index is 12.2. The third kappa shape index (κ3) is 3.20. The second kappa shape index (κ2) is 5.57. The molecule has 2 aromatic carbocycles. The molecule has 2 nitrogen and oxygen atoms in total. The number of hydrogen-bond donors (Lipinski definition) is 0. The van der Waals surface area contributed by atoms with Gasteiger partial charge in [0.2, 0.25) is 0 Å². The van der Waals surface area contributed by atoms with Crippen LogP contribution in [0.25, 0.3) is 6.08 Å². The molecule has 1 aliphatic heterocycles. The highest BCUT2D eigenvalue weighted by Gasteiger charge is 2.31. The Morgan fingerprint density at radius 1 is 1.05 bits per heavy atom. The van der Waals surface area contributed by atoms with E-state index in [9.17, 15) is 13.2 Å². The average Bonchev–Trinajstić information content (AvgIpc) is 2.45. The van der Waals surface area contributed by atoms with E-state index < -0.39 is 6.36 Å². The maximum absolute atomic E-state index is 12.2. The van der Waals surface area contributed by atoms with Crippen molar-refractivity contribution in [2.75, 3.05) is 11.4 Å². The molecular formula is C16H11ClF3NO. The van der Waals surface area contributed by atoms with Crippen LogP contribution in [0.2, 0.25) is 5.02 Å². The molecule has 0 bridgehead atoms. The van der Waals surface area contributed by atoms with Crippen molar-refractivity contribution < 1.29 is 17.9 Å². The van der Waals surface area contributed by atoms with Gasteiger partial charge in [0.1, 0.15) is 5.75 Å². The molecule has 0 unspecified atom stereocenters. The molecule has 2 aromatic rings. The number of anilines is 2. The van der Waals surface area contributed by atoms with Gasteiger partial charge in [-0.3, -0.25) is 0 Å². The van der Waals surface area contributed by atoms with E-state index in [-0.39, 0.29) is 5.75 Å². The molecule has 0 saturated carbocycles. The second-order valence-corrected chi connectivity index (χ2v) is 5.19. The van der Waals surface area contributed by atoms with E-state index in [0.717, 1.165) is 16.9 Å². The van der Waals surface area contributed by atoms with Gasteiger partial charge in [-0.2, -0.15) is 0 Å². The first-order chi connectivity index (χ1) is 10.4. The molecule has 0 aliphatic carbocycles. The number of alkyl halides is 3. The summed E-state index contributed by atoms with van der Waals surface area (Å²) in [5.41, 5.74) is 2.70. The van der Waals surface area contributed by atoms with E-state index in [1.807, 2.05) is 29.2 Å². The minimum atomic E-state index is -4.68. The molecular weight excluding hydrogens is 315 g/mol. The van der Waals surface area contributed by atoms with E-state index in [1.165, 1.54) is 12.1 Å². The van der Waals surface area contributed by atoms with Crippen LogP contribution in [0.3, 0.4) is 0 Å². The predicted molar refractivity (Wildman–Crippen MR) is 80.6 cm³/mol. The lowest BCUT2D eigenvalue weighted by atomic mass is 10.1. The van der Waals surface area contributed by atoms with Crippen LogP contribution >= 0.6 is 11.6 Å². The number of nitrogens with zero attached hydrogens (tertiary/aromatic N) is 1. The van der Waals surface area contributed by atoms with Gasteiger partial charge in [0.15, 0.2) is 0 Å². The van der Waals surface area contributed by atoms with Crippen molar-refractivity contribution >= 4 is 29.1 Å². The molecule has 1 heterocycles. The third-order valence-electron chi connectivity index (χ3n) is 3.25. The number of rotatable bonds is 2. The molecule has 0 radical (unpaired) electrons. The first-order valence-corrected chi connectivity index (χ1v) is 6.90. The van der Waals surface area contributed by atoms with Crippen LogP contribution in [-0.4, -0.2) is 12.9 Å². The predicted octanol–water partition coefficient (Wildman–Crippen LogP) is 5.40. The van der Waals surface area contributed by atoms with Gasteiger partial charge in [0.25, 0.3) is 0 Å². The SMILES string of the molecule is FC(F)(F)Oc1ccc(N2CC=Cc3cc(Cl)ccc32)cc1. The van der Waals surface area contributed by atoms with Gasteiger partial charge in [-0.05, 0) is 48.0 Å². The Hall–Kier alpha value is -2.14. The molecule has 114 valence electrons. The molecule has 0 saturated heterocycles. The van der Waals surface area contributed by atoms with E-state index in [4.69, 9.17) is 11.6 Å². The van der Waals surface area contributed by atoms with E-state index in [0.29, 0.717) is 11.6 Å². The number of fused-ring (bicyclic) bond motifs is 1. The van der Waals surface area contributed by atoms with E-state index in [1.54, 1.807) is 18.2 Å². The lowest BCUT2D eigenvalue weighted by molar-refractivity contribution is -0.274. The molecule has 0 amide bonds. The van der Waals surface area contributed by atoms with Gasteiger partial charge in [0, 0.05) is 22.9 Å². The van der Waals surface area contributed by atoms with Gasteiger partial charge in [-0.25, -0.2) is 0 Å². The lowest BCUT2D eigenvalue weighted by Crippen LogP contribution is -2.20. The first kappa shape index (κ1) is 14.8. The van der Waals surface area contributed by atoms with Crippen molar-refractivity contribution in [2.45, 2.75) is 6.36 Å². The average molecular weight is 326 g/mol. The smallest absolute Gasteiger partial charge is 0.406 e. The van der Waals surface area contributed by atoms with Crippen LogP contribution in [0.1, 0.15) is 5.56 Å². The van der Waals surface area contributed by atoms with Crippen LogP contribution in [-0.2, 0) is 0 Å². The minimum Gasteiger partial charge on any atom is -0.406 e. The van der Waals surface area contributed by atoms with Gasteiger partial charge in [0.05, 0.1) is 0 Å². The van der Waals surface area contributed by atoms with Crippen molar-refractivity contribution in [3.05, 3.63) is 59.1 Å². The van der Waals surface area contributed by atoms with Gasteiger partial charge < -0.3 is 9.64 Å². The summed E-state index contributed by atoms with van der Waals surface area (Å²) in [5, 5.41) is 0.638. The van der Waals surface area contributed by atoms with Gasteiger partial charge in [-0.15, -0.1) is 13.2 Å². The zero-order valence-electron chi connectivity index (χ0n) is 11.3. The topological polar surface area (TPSA) is 12.5 Å². The zero-order chi connectivity index (χ0) is 15.7. The van der Waals surface area contributed by atoms with Gasteiger partial charge >= 0.3 is 6.36 Å². The Bertz CT molecular complexity index is 710. The molecule has 0 atom stereocenters. The standard InChI is InChI=1S/C16H11ClF3NO/c17-12-3-8-15-11(10-12)2-1-9-21(15)13-4-6-14(7-5-13)22-16(18,19)20/h1-8,10H,9H2. The monoisotopic (exact) mass is 325 g/mol. The Kier molecular flexibility index (Phi) is 3.74. The van der Waals surface area contributed by atoms with Crippen LogP contribution < -0.4 is 9.64 Å². The van der Waals surface area contributed by atoms with E-state index >= 15 is 0 Å². The summed E-state index contributed by atoms with van der Waals surface area (Å²) < 4.78 is 40.4. The van der Waals surface area contributed by atoms with E-state index in [2.05, 4.69) is 4.74 Å². The molecule has 0 N–H and O–H groups in total. The second-order valence-electron chi connectivity index (χ2n) is 4.76. The molecule has 6 heteroatoms. The maximum Gasteiger partial charge on any atom is 0.573 e. The summed E-state index contributed by atoms with van der Waals surface area (Å²) in [6.07, 6.45) is -0.740. The van der Waals surface area contributed by atoms with Crippen LogP contribution in [0.15, 0.2) is 48.5 Å². The Morgan fingerprint density at radius 3 is 2.45 bits per heavy atom. The fourth-order valence-electron chi connectivity index (χ4n) is 2.36. The summed E-state index contributed by atoms with van der Waals surface area (Å²) >= 11 is 5.98. The highest BCUT2D eigenvalue weighted by Crippen LogP contribution is 2.35.